The second-order valence-corrected chi connectivity index (χ2v) is 8.79. The molecule has 0 aliphatic carbocycles. The average Bonchev–Trinajstić information content (AvgIpc) is 2.79. The third-order valence-corrected chi connectivity index (χ3v) is 7.30. The molecule has 0 N–H and O–H groups in total. The Morgan fingerprint density at radius 1 is 1.11 bits per heavy atom. The van der Waals surface area contributed by atoms with Gasteiger partial charge in [-0.1, -0.05) is 48.0 Å². The lowest BCUT2D eigenvalue weighted by Gasteiger charge is -2.45. The first-order chi connectivity index (χ1) is 12.6. The molecule has 2 aliphatic rings. The van der Waals surface area contributed by atoms with Gasteiger partial charge in [0.1, 0.15) is 5.78 Å². The number of benzene rings is 2. The summed E-state index contributed by atoms with van der Waals surface area (Å²) in [5, 5.41) is 0. The van der Waals surface area contributed by atoms with Crippen molar-refractivity contribution in [2.75, 3.05) is 0 Å². The van der Waals surface area contributed by atoms with Gasteiger partial charge in [0.25, 0.3) is 0 Å². The lowest BCUT2D eigenvalue weighted by Crippen LogP contribution is -2.59. The molecular formula is C19H16F3NO3S. The topological polar surface area (TPSA) is 54.5 Å². The first-order valence-electron chi connectivity index (χ1n) is 8.38. The molecule has 0 saturated carbocycles. The summed E-state index contributed by atoms with van der Waals surface area (Å²) in [5.41, 5.74) is -2.36. The SMILES string of the molecule is Cc1ccc2c(c1)[C@@]1(C(F)(F)F)CC(=O)C[C@H](c3ccccc3)N1S2(=O)=O. The van der Waals surface area contributed by atoms with E-state index < -0.39 is 40.0 Å². The Hall–Kier alpha value is -2.19. The maximum absolute atomic E-state index is 14.4. The number of halogens is 3. The van der Waals surface area contributed by atoms with Gasteiger partial charge in [0.2, 0.25) is 10.0 Å². The monoisotopic (exact) mass is 395 g/mol. The van der Waals surface area contributed by atoms with Crippen LogP contribution in [0.4, 0.5) is 13.2 Å². The molecule has 1 saturated heterocycles. The summed E-state index contributed by atoms with van der Waals surface area (Å²) in [6.45, 7) is 1.60. The highest BCUT2D eigenvalue weighted by atomic mass is 32.2. The lowest BCUT2D eigenvalue weighted by atomic mass is 9.77. The van der Waals surface area contributed by atoms with Crippen molar-refractivity contribution in [3.63, 3.8) is 0 Å². The Bertz CT molecular complexity index is 1030. The van der Waals surface area contributed by atoms with Gasteiger partial charge in [0.15, 0.2) is 5.54 Å². The molecule has 27 heavy (non-hydrogen) atoms. The van der Waals surface area contributed by atoms with Crippen LogP contribution in [0.3, 0.4) is 0 Å². The second-order valence-electron chi connectivity index (χ2n) is 7.00. The van der Waals surface area contributed by atoms with Crippen molar-refractivity contribution in [1.29, 1.82) is 0 Å². The smallest absolute Gasteiger partial charge is 0.300 e. The van der Waals surface area contributed by atoms with Gasteiger partial charge in [-0.25, -0.2) is 8.42 Å². The number of ketones is 1. The largest absolute Gasteiger partial charge is 0.412 e. The maximum atomic E-state index is 14.4. The molecule has 0 amide bonds. The van der Waals surface area contributed by atoms with Gasteiger partial charge < -0.3 is 0 Å². The van der Waals surface area contributed by atoms with E-state index in [-0.39, 0.29) is 16.9 Å². The highest BCUT2D eigenvalue weighted by molar-refractivity contribution is 7.89. The van der Waals surface area contributed by atoms with Gasteiger partial charge in [0.05, 0.1) is 10.9 Å². The minimum atomic E-state index is -4.94. The van der Waals surface area contributed by atoms with Crippen LogP contribution < -0.4 is 0 Å². The molecular weight excluding hydrogens is 379 g/mol. The molecule has 0 spiro atoms. The van der Waals surface area contributed by atoms with Crippen molar-refractivity contribution >= 4 is 15.8 Å². The van der Waals surface area contributed by atoms with Gasteiger partial charge >= 0.3 is 6.18 Å². The molecule has 0 radical (unpaired) electrons. The number of nitrogens with zero attached hydrogens (tertiary/aromatic N) is 1. The van der Waals surface area contributed by atoms with Crippen molar-refractivity contribution < 1.29 is 26.4 Å². The minimum Gasteiger partial charge on any atom is -0.300 e. The number of carbonyl (C=O) groups excluding carboxylic acids is 1. The molecule has 2 aromatic carbocycles. The van der Waals surface area contributed by atoms with E-state index in [1.165, 1.54) is 18.2 Å². The Balaban J connectivity index is 2.07. The van der Waals surface area contributed by atoms with Crippen molar-refractivity contribution in [2.45, 2.75) is 42.4 Å². The van der Waals surface area contributed by atoms with Crippen LogP contribution >= 0.6 is 0 Å². The quantitative estimate of drug-likeness (QED) is 0.737. The van der Waals surface area contributed by atoms with Gasteiger partial charge in [-0.2, -0.15) is 17.5 Å². The molecule has 2 atom stereocenters. The molecule has 4 rings (SSSR count). The molecule has 1 fully saturated rings. The number of hydrogen-bond donors (Lipinski definition) is 0. The van der Waals surface area contributed by atoms with Gasteiger partial charge in [-0.3, -0.25) is 4.79 Å². The Labute approximate surface area is 154 Å². The van der Waals surface area contributed by atoms with E-state index in [9.17, 15) is 26.4 Å². The van der Waals surface area contributed by atoms with Gasteiger partial charge in [0, 0.05) is 18.4 Å². The number of Topliss-reactive ketones (excluding diaryl/α,β-unsaturated/α-hetero) is 1. The Kier molecular flexibility index (Phi) is 3.81. The number of aryl methyl sites for hydroxylation is 1. The summed E-state index contributed by atoms with van der Waals surface area (Å²) in [5.74, 6) is -0.609. The van der Waals surface area contributed by atoms with E-state index in [4.69, 9.17) is 0 Å². The zero-order valence-corrected chi connectivity index (χ0v) is 15.1. The Morgan fingerprint density at radius 2 is 1.78 bits per heavy atom. The molecule has 0 aromatic heterocycles. The fraction of sp³-hybridized carbons (Fsp3) is 0.316. The normalized spacial score (nSPS) is 27.3. The van der Waals surface area contributed by atoms with Crippen LogP contribution in [0.25, 0.3) is 0 Å². The van der Waals surface area contributed by atoms with E-state index in [1.54, 1.807) is 37.3 Å². The molecule has 0 unspecified atom stereocenters. The van der Waals surface area contributed by atoms with E-state index >= 15 is 0 Å². The zero-order valence-electron chi connectivity index (χ0n) is 14.3. The van der Waals surface area contributed by atoms with Gasteiger partial charge in [-0.05, 0) is 18.6 Å². The fourth-order valence-corrected chi connectivity index (χ4v) is 6.36. The second kappa shape index (κ2) is 5.65. The van der Waals surface area contributed by atoms with E-state index in [0.29, 0.717) is 15.4 Å². The zero-order chi connectivity index (χ0) is 19.6. The molecule has 8 heteroatoms. The summed E-state index contributed by atoms with van der Waals surface area (Å²) >= 11 is 0. The molecule has 142 valence electrons. The summed E-state index contributed by atoms with van der Waals surface area (Å²) < 4.78 is 70.2. The molecule has 2 aromatic rings. The first-order valence-corrected chi connectivity index (χ1v) is 9.82. The van der Waals surface area contributed by atoms with Gasteiger partial charge in [-0.15, -0.1) is 0 Å². The first kappa shape index (κ1) is 18.2. The number of piperidine rings is 1. The molecule has 2 aliphatic heterocycles. The standard InChI is InChI=1S/C19H16F3NO3S/c1-12-7-8-17-15(9-12)18(19(20,21)22)11-14(24)10-16(23(18)27(17,25)26)13-5-3-2-4-6-13/h2-9,16H,10-11H2,1H3/t16-,18-/m1/s1. The number of hydrogen-bond acceptors (Lipinski definition) is 3. The highest BCUT2D eigenvalue weighted by Crippen LogP contribution is 2.60. The van der Waals surface area contributed by atoms with Crippen LogP contribution in [0.5, 0.6) is 0 Å². The number of rotatable bonds is 1. The van der Waals surface area contributed by atoms with Crippen LogP contribution in [-0.2, 0) is 20.4 Å². The highest BCUT2D eigenvalue weighted by Gasteiger charge is 2.71. The lowest BCUT2D eigenvalue weighted by molar-refractivity contribution is -0.233. The minimum absolute atomic E-state index is 0.284. The van der Waals surface area contributed by atoms with Crippen molar-refractivity contribution in [1.82, 2.24) is 4.31 Å². The summed E-state index contributed by atoms with van der Waals surface area (Å²) in [6.07, 6.45) is -6.13. The summed E-state index contributed by atoms with van der Waals surface area (Å²) in [7, 11) is -4.42. The molecule has 2 heterocycles. The maximum Gasteiger partial charge on any atom is 0.412 e. The number of alkyl halides is 3. The van der Waals surface area contributed by atoms with Crippen LogP contribution in [0.15, 0.2) is 53.4 Å². The summed E-state index contributed by atoms with van der Waals surface area (Å²) in [4.78, 5) is 12.1. The van der Waals surface area contributed by atoms with Crippen LogP contribution in [0.1, 0.15) is 35.6 Å². The van der Waals surface area contributed by atoms with Crippen molar-refractivity contribution in [2.24, 2.45) is 0 Å². The third kappa shape index (κ3) is 2.39. The predicted octanol–water partition coefficient (Wildman–Crippen LogP) is 3.86. The van der Waals surface area contributed by atoms with E-state index in [1.807, 2.05) is 0 Å². The predicted molar refractivity (Wildman–Crippen MR) is 91.4 cm³/mol. The Morgan fingerprint density at radius 3 is 2.41 bits per heavy atom. The molecule has 0 bridgehead atoms. The molecule has 4 nitrogen and oxygen atoms in total. The summed E-state index contributed by atoms with van der Waals surface area (Å²) in [6, 6.07) is 10.7. The van der Waals surface area contributed by atoms with E-state index in [2.05, 4.69) is 0 Å². The number of carbonyl (C=O) groups is 1. The average molecular weight is 395 g/mol. The third-order valence-electron chi connectivity index (χ3n) is 5.30. The van der Waals surface area contributed by atoms with Crippen molar-refractivity contribution in [3.8, 4) is 0 Å². The number of fused-ring (bicyclic) bond motifs is 3. The van der Waals surface area contributed by atoms with E-state index in [0.717, 1.165) is 0 Å². The van der Waals surface area contributed by atoms with Crippen LogP contribution in [0, 0.1) is 6.92 Å². The number of sulfonamides is 1. The van der Waals surface area contributed by atoms with Crippen LogP contribution in [-0.4, -0.2) is 24.7 Å². The fourth-order valence-electron chi connectivity index (χ4n) is 4.19. The van der Waals surface area contributed by atoms with Crippen molar-refractivity contribution in [3.05, 3.63) is 65.2 Å². The van der Waals surface area contributed by atoms with Crippen LogP contribution in [0.2, 0.25) is 0 Å².